The molecule has 0 saturated heterocycles. The number of aliphatic imine (C=N–C) groups is 1. The Bertz CT molecular complexity index is 966. The van der Waals surface area contributed by atoms with Crippen LogP contribution in [0.1, 0.15) is 40.2 Å². The first-order valence-corrected chi connectivity index (χ1v) is 9.57. The highest BCUT2D eigenvalue weighted by atomic mass is 35.5. The van der Waals surface area contributed by atoms with Gasteiger partial charge in [0, 0.05) is 16.3 Å². The monoisotopic (exact) mass is 373 g/mol. The lowest BCUT2D eigenvalue weighted by atomic mass is 9.84. The molecule has 2 nitrogen and oxygen atoms in total. The average molecular weight is 374 g/mol. The third-order valence-corrected chi connectivity index (χ3v) is 5.28. The molecule has 1 unspecified atom stereocenters. The Kier molecular flexibility index (Phi) is 5.17. The van der Waals surface area contributed by atoms with Gasteiger partial charge in [0.25, 0.3) is 0 Å². The molecule has 1 aliphatic rings. The molecular weight excluding hydrogens is 354 g/mol. The Balaban J connectivity index is 1.71. The van der Waals surface area contributed by atoms with Crippen molar-refractivity contribution >= 4 is 23.1 Å². The summed E-state index contributed by atoms with van der Waals surface area (Å²) >= 11 is 6.12. The predicted octanol–water partition coefficient (Wildman–Crippen LogP) is 5.96. The minimum atomic E-state index is -0.300. The van der Waals surface area contributed by atoms with E-state index in [1.54, 1.807) is 12.1 Å². The van der Waals surface area contributed by atoms with Gasteiger partial charge in [-0.25, -0.2) is 0 Å². The maximum Gasteiger partial charge on any atom is 0.172 e. The number of hydrogen-bond acceptors (Lipinski definition) is 2. The van der Waals surface area contributed by atoms with Gasteiger partial charge in [-0.2, -0.15) is 0 Å². The van der Waals surface area contributed by atoms with Crippen molar-refractivity contribution in [2.45, 2.75) is 24.8 Å². The molecule has 0 amide bonds. The number of Topliss-reactive ketones (excluding diaryl/α,β-unsaturated/α-hetero) is 1. The van der Waals surface area contributed by atoms with Crippen LogP contribution in [-0.2, 0) is 0 Å². The zero-order valence-electron chi connectivity index (χ0n) is 14.9. The molecule has 3 aromatic carbocycles. The largest absolute Gasteiger partial charge is 0.293 e. The van der Waals surface area contributed by atoms with Crippen LogP contribution in [0.15, 0.2) is 89.9 Å². The zero-order chi connectivity index (χ0) is 18.6. The molecule has 134 valence electrons. The van der Waals surface area contributed by atoms with Crippen LogP contribution >= 0.6 is 11.6 Å². The second-order valence-electron chi connectivity index (χ2n) is 6.81. The van der Waals surface area contributed by atoms with Gasteiger partial charge in [0.05, 0.1) is 12.0 Å². The van der Waals surface area contributed by atoms with E-state index in [4.69, 9.17) is 16.6 Å². The Morgan fingerprint density at radius 1 is 0.926 bits per heavy atom. The van der Waals surface area contributed by atoms with Gasteiger partial charge in [-0.1, -0.05) is 84.4 Å². The van der Waals surface area contributed by atoms with Crippen LogP contribution in [0.5, 0.6) is 0 Å². The summed E-state index contributed by atoms with van der Waals surface area (Å²) in [7, 11) is 0. The van der Waals surface area contributed by atoms with E-state index in [9.17, 15) is 4.79 Å². The van der Waals surface area contributed by atoms with E-state index in [1.807, 2.05) is 60.7 Å². The van der Waals surface area contributed by atoms with E-state index >= 15 is 0 Å². The van der Waals surface area contributed by atoms with Crippen molar-refractivity contribution in [1.82, 2.24) is 0 Å². The number of ketones is 1. The molecule has 0 saturated carbocycles. The van der Waals surface area contributed by atoms with Crippen LogP contribution in [0, 0.1) is 0 Å². The molecule has 0 bridgehead atoms. The molecule has 3 heteroatoms. The smallest absolute Gasteiger partial charge is 0.172 e. The van der Waals surface area contributed by atoms with Crippen LogP contribution in [0.3, 0.4) is 0 Å². The summed E-state index contributed by atoms with van der Waals surface area (Å²) in [5.74, 6) is -0.224. The van der Waals surface area contributed by atoms with Crippen LogP contribution in [0.4, 0.5) is 0 Å². The molecule has 4 rings (SSSR count). The van der Waals surface area contributed by atoms with Gasteiger partial charge in [-0.15, -0.1) is 0 Å². The number of carbonyl (C=O) groups excluding carboxylic acids is 1. The summed E-state index contributed by atoms with van der Waals surface area (Å²) in [6.45, 7) is 0. The quantitative estimate of drug-likeness (QED) is 0.507. The maximum atomic E-state index is 13.4. The van der Waals surface area contributed by atoms with Gasteiger partial charge < -0.3 is 0 Å². The molecule has 0 radical (unpaired) electrons. The Hall–Kier alpha value is -2.71. The van der Waals surface area contributed by atoms with Crippen LogP contribution < -0.4 is 0 Å². The van der Waals surface area contributed by atoms with Gasteiger partial charge in [-0.3, -0.25) is 9.79 Å². The molecule has 0 fully saturated rings. The maximum absolute atomic E-state index is 13.4. The molecular formula is C24H20ClNO. The van der Waals surface area contributed by atoms with Gasteiger partial charge in [0.2, 0.25) is 0 Å². The highest BCUT2D eigenvalue weighted by molar-refractivity contribution is 6.31. The highest BCUT2D eigenvalue weighted by Crippen LogP contribution is 2.33. The van der Waals surface area contributed by atoms with Crippen LogP contribution in [-0.4, -0.2) is 17.5 Å². The van der Waals surface area contributed by atoms with E-state index in [-0.39, 0.29) is 17.7 Å². The van der Waals surface area contributed by atoms with E-state index in [0.29, 0.717) is 10.6 Å². The normalized spacial score (nSPS) is 17.4. The molecule has 1 heterocycles. The van der Waals surface area contributed by atoms with Gasteiger partial charge in [-0.05, 0) is 36.1 Å². The van der Waals surface area contributed by atoms with Crippen molar-refractivity contribution in [2.24, 2.45) is 4.99 Å². The summed E-state index contributed by atoms with van der Waals surface area (Å²) in [5.41, 5.74) is 3.87. The Labute approximate surface area is 164 Å². The lowest BCUT2D eigenvalue weighted by molar-refractivity contribution is 0.0947. The SMILES string of the molecule is O=C(c1cccc(Cl)c1)[C@H](c1ccccc1)C1CCC(c2ccccc2)=N1. The first-order chi connectivity index (χ1) is 13.2. The first-order valence-electron chi connectivity index (χ1n) is 9.19. The van der Waals surface area contributed by atoms with E-state index < -0.39 is 0 Å². The van der Waals surface area contributed by atoms with Crippen molar-refractivity contribution in [3.05, 3.63) is 107 Å². The number of halogens is 1. The number of nitrogens with zero attached hydrogens (tertiary/aromatic N) is 1. The third kappa shape index (κ3) is 3.86. The van der Waals surface area contributed by atoms with E-state index in [2.05, 4.69) is 12.1 Å². The molecule has 0 N–H and O–H groups in total. The first kappa shape index (κ1) is 17.7. The topological polar surface area (TPSA) is 29.4 Å². The summed E-state index contributed by atoms with van der Waals surface area (Å²) in [6, 6.07) is 27.3. The molecule has 0 spiro atoms. The second kappa shape index (κ2) is 7.89. The molecule has 2 atom stereocenters. The van der Waals surface area contributed by atoms with Crippen LogP contribution in [0.2, 0.25) is 5.02 Å². The second-order valence-corrected chi connectivity index (χ2v) is 7.25. The van der Waals surface area contributed by atoms with Gasteiger partial charge in [0.1, 0.15) is 0 Å². The minimum absolute atomic E-state index is 0.0610. The van der Waals surface area contributed by atoms with E-state index in [0.717, 1.165) is 29.7 Å². The lowest BCUT2D eigenvalue weighted by Crippen LogP contribution is -2.24. The number of rotatable bonds is 5. The van der Waals surface area contributed by atoms with Crippen molar-refractivity contribution in [3.8, 4) is 0 Å². The summed E-state index contributed by atoms with van der Waals surface area (Å²) in [4.78, 5) is 18.4. The fourth-order valence-corrected chi connectivity index (χ4v) is 3.92. The minimum Gasteiger partial charge on any atom is -0.293 e. The highest BCUT2D eigenvalue weighted by Gasteiger charge is 2.33. The molecule has 1 aliphatic heterocycles. The number of carbonyl (C=O) groups is 1. The van der Waals surface area contributed by atoms with Crippen molar-refractivity contribution in [3.63, 3.8) is 0 Å². The fourth-order valence-electron chi connectivity index (χ4n) is 3.73. The van der Waals surface area contributed by atoms with Gasteiger partial charge >= 0.3 is 0 Å². The van der Waals surface area contributed by atoms with E-state index in [1.165, 1.54) is 0 Å². The molecule has 0 aromatic heterocycles. The summed E-state index contributed by atoms with van der Waals surface area (Å²) < 4.78 is 0. The fraction of sp³-hybridized carbons (Fsp3) is 0.167. The Morgan fingerprint density at radius 3 is 2.33 bits per heavy atom. The zero-order valence-corrected chi connectivity index (χ0v) is 15.6. The number of benzene rings is 3. The Morgan fingerprint density at radius 2 is 1.63 bits per heavy atom. The van der Waals surface area contributed by atoms with Crippen molar-refractivity contribution < 1.29 is 4.79 Å². The predicted molar refractivity (Wildman–Crippen MR) is 111 cm³/mol. The molecule has 0 aliphatic carbocycles. The number of hydrogen-bond donors (Lipinski definition) is 0. The summed E-state index contributed by atoms with van der Waals surface area (Å²) in [5, 5.41) is 0.576. The average Bonchev–Trinajstić information content (AvgIpc) is 3.19. The summed E-state index contributed by atoms with van der Waals surface area (Å²) in [6.07, 6.45) is 1.76. The third-order valence-electron chi connectivity index (χ3n) is 5.04. The van der Waals surface area contributed by atoms with Crippen LogP contribution in [0.25, 0.3) is 0 Å². The van der Waals surface area contributed by atoms with Crippen molar-refractivity contribution in [1.29, 1.82) is 0 Å². The van der Waals surface area contributed by atoms with Gasteiger partial charge in [0.15, 0.2) is 5.78 Å². The molecule has 27 heavy (non-hydrogen) atoms. The lowest BCUT2D eigenvalue weighted by Gasteiger charge is -2.21. The van der Waals surface area contributed by atoms with Crippen molar-refractivity contribution in [2.75, 3.05) is 0 Å². The standard InChI is InChI=1S/C24H20ClNO/c25-20-13-7-12-19(16-20)24(27)23(18-10-5-2-6-11-18)22-15-14-21(26-22)17-8-3-1-4-9-17/h1-13,16,22-23H,14-15H2/t22?,23-/m1/s1. The molecule has 3 aromatic rings.